The maximum absolute atomic E-state index is 12.8. The van der Waals surface area contributed by atoms with E-state index < -0.39 is 23.7 Å². The van der Waals surface area contributed by atoms with Crippen molar-refractivity contribution in [1.29, 1.82) is 0 Å². The molecule has 1 atom stereocenters. The van der Waals surface area contributed by atoms with Gasteiger partial charge >= 0.3 is 5.97 Å². The largest absolute Gasteiger partial charge is 0.479 e. The maximum atomic E-state index is 12.8. The summed E-state index contributed by atoms with van der Waals surface area (Å²) in [6, 6.07) is 4.13. The van der Waals surface area contributed by atoms with Gasteiger partial charge in [-0.3, -0.25) is 4.79 Å². The summed E-state index contributed by atoms with van der Waals surface area (Å²) in [6.07, 6.45) is 1.71. The van der Waals surface area contributed by atoms with Crippen LogP contribution in [0, 0.1) is 5.82 Å². The van der Waals surface area contributed by atoms with E-state index in [4.69, 9.17) is 5.11 Å². The molecule has 0 radical (unpaired) electrons. The minimum absolute atomic E-state index is 0.263. The lowest BCUT2D eigenvalue weighted by atomic mass is 10.1. The molecule has 4 nitrogen and oxygen atoms in total. The van der Waals surface area contributed by atoms with Crippen molar-refractivity contribution in [3.63, 3.8) is 0 Å². The molecule has 18 heavy (non-hydrogen) atoms. The van der Waals surface area contributed by atoms with Crippen molar-refractivity contribution in [3.8, 4) is 0 Å². The van der Waals surface area contributed by atoms with Gasteiger partial charge in [0.15, 0.2) is 6.04 Å². The molecule has 94 valence electrons. The van der Waals surface area contributed by atoms with Crippen LogP contribution in [-0.2, 0) is 4.79 Å². The second-order valence-electron chi connectivity index (χ2n) is 4.15. The van der Waals surface area contributed by atoms with Gasteiger partial charge in [0.25, 0.3) is 5.91 Å². The summed E-state index contributed by atoms with van der Waals surface area (Å²) in [5.41, 5.74) is 0.920. The lowest BCUT2D eigenvalue weighted by Crippen LogP contribution is -2.42. The molecule has 5 heteroatoms. The number of carboxylic acids is 1. The third-order valence-corrected chi connectivity index (χ3v) is 2.94. The second-order valence-corrected chi connectivity index (χ2v) is 4.15. The SMILES string of the molecule is CC1=CCN(C(=O)c2ccc(F)cc2)C1C(=O)O. The lowest BCUT2D eigenvalue weighted by Gasteiger charge is -2.23. The Bertz CT molecular complexity index is 522. The van der Waals surface area contributed by atoms with E-state index in [0.717, 1.165) is 0 Å². The first-order chi connectivity index (χ1) is 8.50. The van der Waals surface area contributed by atoms with Gasteiger partial charge in [-0.2, -0.15) is 0 Å². The van der Waals surface area contributed by atoms with Crippen LogP contribution in [0.1, 0.15) is 17.3 Å². The van der Waals surface area contributed by atoms with Gasteiger partial charge in [0.1, 0.15) is 5.82 Å². The molecule has 1 aliphatic rings. The van der Waals surface area contributed by atoms with Gasteiger partial charge in [-0.25, -0.2) is 9.18 Å². The highest BCUT2D eigenvalue weighted by Gasteiger charge is 2.34. The van der Waals surface area contributed by atoms with E-state index in [9.17, 15) is 14.0 Å². The zero-order chi connectivity index (χ0) is 13.3. The second kappa shape index (κ2) is 4.60. The first-order valence-corrected chi connectivity index (χ1v) is 5.46. The number of benzene rings is 1. The Labute approximate surface area is 103 Å². The van der Waals surface area contributed by atoms with Crippen LogP contribution >= 0.6 is 0 Å². The molecule has 0 aromatic heterocycles. The zero-order valence-corrected chi connectivity index (χ0v) is 9.76. The summed E-state index contributed by atoms with van der Waals surface area (Å²) >= 11 is 0. The number of hydrogen-bond acceptors (Lipinski definition) is 2. The van der Waals surface area contributed by atoms with Gasteiger partial charge in [-0.05, 0) is 36.8 Å². The fourth-order valence-electron chi connectivity index (χ4n) is 1.99. The van der Waals surface area contributed by atoms with E-state index >= 15 is 0 Å². The minimum atomic E-state index is -1.06. The molecule has 1 aromatic rings. The van der Waals surface area contributed by atoms with Crippen molar-refractivity contribution in [2.24, 2.45) is 0 Å². The Balaban J connectivity index is 2.25. The van der Waals surface area contributed by atoms with Crippen LogP contribution in [0.15, 0.2) is 35.9 Å². The molecule has 1 heterocycles. The molecule has 0 saturated heterocycles. The predicted molar refractivity (Wildman–Crippen MR) is 62.6 cm³/mol. The Morgan fingerprint density at radius 3 is 2.50 bits per heavy atom. The van der Waals surface area contributed by atoms with E-state index in [-0.39, 0.29) is 12.1 Å². The number of carboxylic acid groups (broad SMARTS) is 1. The lowest BCUT2D eigenvalue weighted by molar-refractivity contribution is -0.140. The van der Waals surface area contributed by atoms with E-state index in [0.29, 0.717) is 5.57 Å². The highest BCUT2D eigenvalue weighted by molar-refractivity contribution is 5.98. The van der Waals surface area contributed by atoms with Crippen LogP contribution in [0.25, 0.3) is 0 Å². The molecule has 0 spiro atoms. The molecule has 0 bridgehead atoms. The topological polar surface area (TPSA) is 57.6 Å². The standard InChI is InChI=1S/C13H12FNO3/c1-8-6-7-15(11(8)13(17)18)12(16)9-2-4-10(14)5-3-9/h2-6,11H,7H2,1H3,(H,17,18). The van der Waals surface area contributed by atoms with Gasteiger partial charge in [-0.1, -0.05) is 6.08 Å². The minimum Gasteiger partial charge on any atom is -0.479 e. The molecular formula is C13H12FNO3. The molecule has 1 aliphatic heterocycles. The van der Waals surface area contributed by atoms with Crippen molar-refractivity contribution in [2.75, 3.05) is 6.54 Å². The number of aliphatic carboxylic acids is 1. The average molecular weight is 249 g/mol. The molecule has 1 N–H and O–H groups in total. The summed E-state index contributed by atoms with van der Waals surface area (Å²) in [7, 11) is 0. The van der Waals surface area contributed by atoms with Crippen LogP contribution in [0.2, 0.25) is 0 Å². The van der Waals surface area contributed by atoms with Crippen LogP contribution in [0.5, 0.6) is 0 Å². The number of hydrogen-bond donors (Lipinski definition) is 1. The quantitative estimate of drug-likeness (QED) is 0.811. The van der Waals surface area contributed by atoms with Crippen LogP contribution in [0.3, 0.4) is 0 Å². The molecule has 0 saturated carbocycles. The fourth-order valence-corrected chi connectivity index (χ4v) is 1.99. The average Bonchev–Trinajstić information content (AvgIpc) is 2.71. The van der Waals surface area contributed by atoms with E-state index in [1.165, 1.54) is 29.2 Å². The molecule has 2 rings (SSSR count). The normalized spacial score (nSPS) is 18.7. The molecule has 1 amide bonds. The number of amides is 1. The summed E-state index contributed by atoms with van der Waals surface area (Å²) in [4.78, 5) is 24.5. The van der Waals surface area contributed by atoms with E-state index in [2.05, 4.69) is 0 Å². The smallest absolute Gasteiger partial charge is 0.330 e. The van der Waals surface area contributed by atoms with Crippen LogP contribution < -0.4 is 0 Å². The summed E-state index contributed by atoms with van der Waals surface area (Å²) in [6.45, 7) is 1.94. The number of rotatable bonds is 2. The zero-order valence-electron chi connectivity index (χ0n) is 9.76. The number of halogens is 1. The molecular weight excluding hydrogens is 237 g/mol. The van der Waals surface area contributed by atoms with E-state index in [1.807, 2.05) is 0 Å². The predicted octanol–water partition coefficient (Wildman–Crippen LogP) is 1.68. The molecule has 1 unspecified atom stereocenters. The van der Waals surface area contributed by atoms with Gasteiger partial charge in [0, 0.05) is 12.1 Å². The van der Waals surface area contributed by atoms with E-state index in [1.54, 1.807) is 13.0 Å². The van der Waals surface area contributed by atoms with Crippen LogP contribution in [0.4, 0.5) is 4.39 Å². The van der Waals surface area contributed by atoms with Gasteiger partial charge in [-0.15, -0.1) is 0 Å². The first kappa shape index (κ1) is 12.3. The Morgan fingerprint density at radius 2 is 1.94 bits per heavy atom. The van der Waals surface area contributed by atoms with Gasteiger partial charge in [0.2, 0.25) is 0 Å². The number of carbonyl (C=O) groups is 2. The Kier molecular flexibility index (Phi) is 3.14. The van der Waals surface area contributed by atoms with Gasteiger partial charge < -0.3 is 10.0 Å². The monoisotopic (exact) mass is 249 g/mol. The van der Waals surface area contributed by atoms with Crippen molar-refractivity contribution in [3.05, 3.63) is 47.3 Å². The highest BCUT2D eigenvalue weighted by atomic mass is 19.1. The van der Waals surface area contributed by atoms with Crippen molar-refractivity contribution in [1.82, 2.24) is 4.90 Å². The summed E-state index contributed by atoms with van der Waals surface area (Å²) < 4.78 is 12.8. The summed E-state index contributed by atoms with van der Waals surface area (Å²) in [5, 5.41) is 9.10. The number of nitrogens with zero attached hydrogens (tertiary/aromatic N) is 1. The highest BCUT2D eigenvalue weighted by Crippen LogP contribution is 2.21. The molecule has 0 fully saturated rings. The van der Waals surface area contributed by atoms with Crippen molar-refractivity contribution >= 4 is 11.9 Å². The summed E-state index contributed by atoms with van der Waals surface area (Å²) in [5.74, 6) is -1.90. The van der Waals surface area contributed by atoms with Crippen molar-refractivity contribution in [2.45, 2.75) is 13.0 Å². The van der Waals surface area contributed by atoms with Crippen LogP contribution in [-0.4, -0.2) is 34.5 Å². The number of carbonyl (C=O) groups excluding carboxylic acids is 1. The Morgan fingerprint density at radius 1 is 1.33 bits per heavy atom. The van der Waals surface area contributed by atoms with Gasteiger partial charge in [0.05, 0.1) is 0 Å². The Hall–Kier alpha value is -2.17. The third kappa shape index (κ3) is 2.11. The molecule has 0 aliphatic carbocycles. The maximum Gasteiger partial charge on any atom is 0.330 e. The first-order valence-electron chi connectivity index (χ1n) is 5.46. The fraction of sp³-hybridized carbons (Fsp3) is 0.231. The third-order valence-electron chi connectivity index (χ3n) is 2.94. The molecule has 1 aromatic carbocycles. The van der Waals surface area contributed by atoms with Crippen molar-refractivity contribution < 1.29 is 19.1 Å².